The standard InChI is InChI=1S/C28H30N4O4/c1-17-3-12-22-23(31(17)28(35)36-2)13-14-24-26(22)30-25(15-18-4-6-19(16-29)7-5-18)32(24)21-10-8-20(9-11-21)27(33)34/h4-7,13-14,17,20-21H,3,8-12,15H2,1-2H3,(H,33,34). The number of rotatable bonds is 4. The van der Waals surface area contributed by atoms with E-state index in [0.717, 1.165) is 59.4 Å². The van der Waals surface area contributed by atoms with Gasteiger partial charge in [0.2, 0.25) is 0 Å². The summed E-state index contributed by atoms with van der Waals surface area (Å²) in [6.45, 7) is 2.03. The minimum atomic E-state index is -0.715. The molecule has 1 aliphatic carbocycles. The van der Waals surface area contributed by atoms with E-state index in [1.165, 1.54) is 7.11 Å². The third-order valence-corrected chi connectivity index (χ3v) is 7.76. The van der Waals surface area contributed by atoms with Crippen LogP contribution in [0.15, 0.2) is 36.4 Å². The molecule has 3 aromatic rings. The number of benzene rings is 2. The van der Waals surface area contributed by atoms with Gasteiger partial charge in [-0.25, -0.2) is 9.78 Å². The van der Waals surface area contributed by atoms with Gasteiger partial charge in [0.15, 0.2) is 0 Å². The highest BCUT2D eigenvalue weighted by Gasteiger charge is 2.33. The summed E-state index contributed by atoms with van der Waals surface area (Å²) in [4.78, 5) is 31.0. The maximum atomic E-state index is 12.6. The van der Waals surface area contributed by atoms with Crippen molar-refractivity contribution in [3.63, 3.8) is 0 Å². The Hall–Kier alpha value is -3.86. The maximum Gasteiger partial charge on any atom is 0.414 e. The second-order valence-electron chi connectivity index (χ2n) is 9.89. The molecule has 1 saturated carbocycles. The van der Waals surface area contributed by atoms with Gasteiger partial charge in [0.1, 0.15) is 5.82 Å². The molecule has 5 rings (SSSR count). The molecule has 0 radical (unpaired) electrons. The highest BCUT2D eigenvalue weighted by Crippen LogP contribution is 2.40. The number of carbonyl (C=O) groups excluding carboxylic acids is 1. The largest absolute Gasteiger partial charge is 0.481 e. The number of aromatic nitrogens is 2. The molecule has 1 amide bonds. The van der Waals surface area contributed by atoms with Crippen molar-refractivity contribution in [3.8, 4) is 6.07 Å². The van der Waals surface area contributed by atoms with E-state index >= 15 is 0 Å². The van der Waals surface area contributed by atoms with Gasteiger partial charge in [0, 0.05) is 24.1 Å². The minimum Gasteiger partial charge on any atom is -0.481 e. The lowest BCUT2D eigenvalue weighted by molar-refractivity contribution is -0.143. The first-order valence-corrected chi connectivity index (χ1v) is 12.5. The molecule has 8 nitrogen and oxygen atoms in total. The number of carbonyl (C=O) groups is 2. The predicted molar refractivity (Wildman–Crippen MR) is 135 cm³/mol. The number of hydrogen-bond donors (Lipinski definition) is 1. The second kappa shape index (κ2) is 9.65. The summed E-state index contributed by atoms with van der Waals surface area (Å²) in [5.74, 6) is -0.0844. The molecule has 36 heavy (non-hydrogen) atoms. The van der Waals surface area contributed by atoms with Gasteiger partial charge in [-0.05, 0) is 75.3 Å². The monoisotopic (exact) mass is 486 g/mol. The van der Waals surface area contributed by atoms with Crippen molar-refractivity contribution in [1.29, 1.82) is 5.26 Å². The number of nitriles is 1. The zero-order valence-electron chi connectivity index (χ0n) is 20.6. The Morgan fingerprint density at radius 3 is 2.47 bits per heavy atom. The molecule has 2 aliphatic rings. The molecule has 1 aromatic heterocycles. The van der Waals surface area contributed by atoms with Crippen molar-refractivity contribution in [2.75, 3.05) is 12.0 Å². The second-order valence-corrected chi connectivity index (χ2v) is 9.89. The fourth-order valence-corrected chi connectivity index (χ4v) is 5.82. The molecule has 1 atom stereocenters. The molecular formula is C28H30N4O4. The lowest BCUT2D eigenvalue weighted by Crippen LogP contribution is -2.42. The van der Waals surface area contributed by atoms with Gasteiger partial charge < -0.3 is 14.4 Å². The van der Waals surface area contributed by atoms with Crippen molar-refractivity contribution < 1.29 is 19.4 Å². The smallest absolute Gasteiger partial charge is 0.414 e. The van der Waals surface area contributed by atoms with E-state index in [-0.39, 0.29) is 24.1 Å². The first-order chi connectivity index (χ1) is 17.4. The van der Waals surface area contributed by atoms with E-state index in [2.05, 4.69) is 10.6 Å². The average molecular weight is 487 g/mol. The molecule has 1 unspecified atom stereocenters. The van der Waals surface area contributed by atoms with Crippen LogP contribution >= 0.6 is 0 Å². The summed E-state index contributed by atoms with van der Waals surface area (Å²) in [6.07, 6.45) is 4.74. The lowest BCUT2D eigenvalue weighted by atomic mass is 9.85. The molecule has 0 saturated heterocycles. The highest BCUT2D eigenvalue weighted by molar-refractivity contribution is 5.95. The zero-order valence-corrected chi connectivity index (χ0v) is 20.6. The Morgan fingerprint density at radius 2 is 1.83 bits per heavy atom. The third kappa shape index (κ3) is 4.19. The quantitative estimate of drug-likeness (QED) is 0.541. The van der Waals surface area contributed by atoms with Gasteiger partial charge >= 0.3 is 12.1 Å². The Labute approximate surface area is 210 Å². The number of carboxylic acid groups (broad SMARTS) is 1. The fourth-order valence-electron chi connectivity index (χ4n) is 5.82. The SMILES string of the molecule is COC(=O)N1c2ccc3c(nc(Cc4ccc(C#N)cc4)n3C3CCC(C(=O)O)CC3)c2CCC1C. The summed E-state index contributed by atoms with van der Waals surface area (Å²) >= 11 is 0. The summed E-state index contributed by atoms with van der Waals surface area (Å²) in [7, 11) is 1.40. The Balaban J connectivity index is 1.60. The first-order valence-electron chi connectivity index (χ1n) is 12.5. The van der Waals surface area contributed by atoms with E-state index in [0.29, 0.717) is 24.8 Å². The van der Waals surface area contributed by atoms with Crippen LogP contribution < -0.4 is 4.90 Å². The van der Waals surface area contributed by atoms with Gasteiger partial charge in [-0.3, -0.25) is 9.69 Å². The van der Waals surface area contributed by atoms with Crippen LogP contribution in [-0.4, -0.2) is 39.9 Å². The van der Waals surface area contributed by atoms with Crippen molar-refractivity contribution in [2.24, 2.45) is 5.92 Å². The van der Waals surface area contributed by atoms with Crippen LogP contribution in [0, 0.1) is 17.2 Å². The number of aliphatic carboxylic acids is 1. The van der Waals surface area contributed by atoms with Crippen LogP contribution in [0.4, 0.5) is 10.5 Å². The van der Waals surface area contributed by atoms with Crippen LogP contribution in [0.25, 0.3) is 11.0 Å². The molecule has 1 fully saturated rings. The van der Waals surface area contributed by atoms with Crippen molar-refractivity contribution in [1.82, 2.24) is 9.55 Å². The van der Waals surface area contributed by atoms with Gasteiger partial charge in [0.25, 0.3) is 0 Å². The zero-order chi connectivity index (χ0) is 25.4. The third-order valence-electron chi connectivity index (χ3n) is 7.76. The van der Waals surface area contributed by atoms with Gasteiger partial charge in [-0.2, -0.15) is 5.26 Å². The lowest BCUT2D eigenvalue weighted by Gasteiger charge is -2.34. The predicted octanol–water partition coefficient (Wildman–Crippen LogP) is 5.22. The molecule has 1 aliphatic heterocycles. The molecule has 186 valence electrons. The van der Waals surface area contributed by atoms with Crippen LogP contribution in [0.1, 0.15) is 67.6 Å². The van der Waals surface area contributed by atoms with E-state index in [4.69, 9.17) is 15.0 Å². The number of imidazole rings is 1. The van der Waals surface area contributed by atoms with Gasteiger partial charge in [-0.1, -0.05) is 12.1 Å². The highest BCUT2D eigenvalue weighted by atomic mass is 16.5. The number of amides is 1. The Kier molecular flexibility index (Phi) is 6.40. The number of anilines is 1. The molecule has 0 spiro atoms. The van der Waals surface area contributed by atoms with E-state index in [1.807, 2.05) is 43.3 Å². The molecule has 2 heterocycles. The first kappa shape index (κ1) is 23.9. The van der Waals surface area contributed by atoms with Crippen LogP contribution in [0.2, 0.25) is 0 Å². The molecular weight excluding hydrogens is 456 g/mol. The van der Waals surface area contributed by atoms with Crippen molar-refractivity contribution in [3.05, 3.63) is 58.9 Å². The van der Waals surface area contributed by atoms with E-state index in [1.54, 1.807) is 4.90 Å². The van der Waals surface area contributed by atoms with E-state index in [9.17, 15) is 14.7 Å². The summed E-state index contributed by atoms with van der Waals surface area (Å²) in [6, 6.07) is 13.9. The van der Waals surface area contributed by atoms with Crippen LogP contribution in [-0.2, 0) is 22.4 Å². The van der Waals surface area contributed by atoms with Crippen LogP contribution in [0.3, 0.4) is 0 Å². The number of fused-ring (bicyclic) bond motifs is 3. The number of aryl methyl sites for hydroxylation is 1. The van der Waals surface area contributed by atoms with Gasteiger partial charge in [0.05, 0.1) is 41.4 Å². The summed E-state index contributed by atoms with van der Waals surface area (Å²) < 4.78 is 7.37. The number of carboxylic acids is 1. The van der Waals surface area contributed by atoms with Gasteiger partial charge in [-0.15, -0.1) is 0 Å². The number of hydrogen-bond acceptors (Lipinski definition) is 5. The topological polar surface area (TPSA) is 108 Å². The summed E-state index contributed by atoms with van der Waals surface area (Å²) in [5.41, 5.74) is 5.49. The average Bonchev–Trinajstić information content (AvgIpc) is 3.26. The normalized spacial score (nSPS) is 21.6. The van der Waals surface area contributed by atoms with Crippen molar-refractivity contribution >= 4 is 28.8 Å². The maximum absolute atomic E-state index is 12.6. The molecule has 0 bridgehead atoms. The molecule has 2 aromatic carbocycles. The molecule has 8 heteroatoms. The Bertz CT molecular complexity index is 1350. The van der Waals surface area contributed by atoms with Crippen molar-refractivity contribution in [2.45, 2.75) is 64.0 Å². The number of nitrogens with zero attached hydrogens (tertiary/aromatic N) is 4. The van der Waals surface area contributed by atoms with E-state index < -0.39 is 5.97 Å². The fraction of sp³-hybridized carbons (Fsp3) is 0.429. The number of ether oxygens (including phenoxy) is 1. The number of methoxy groups -OCH3 is 1. The summed E-state index contributed by atoms with van der Waals surface area (Å²) in [5, 5.41) is 18.6. The Morgan fingerprint density at radius 1 is 1.11 bits per heavy atom. The van der Waals surface area contributed by atoms with Crippen LogP contribution in [0.5, 0.6) is 0 Å². The molecule has 1 N–H and O–H groups in total. The minimum absolute atomic E-state index is 0.0360.